The molecule has 3 N–H and O–H groups in total. The molecule has 0 saturated carbocycles. The van der Waals surface area contributed by atoms with E-state index in [0.717, 1.165) is 17.1 Å². The SMILES string of the molecule is CN=C(NCC(=O)NCCc1ccccc1)NCc1nc(C)c(C)s1.I. The summed E-state index contributed by atoms with van der Waals surface area (Å²) in [6, 6.07) is 10.1. The summed E-state index contributed by atoms with van der Waals surface area (Å²) in [6.07, 6.45) is 0.822. The number of hydrogen-bond donors (Lipinski definition) is 3. The number of aromatic nitrogens is 1. The number of nitrogens with one attached hydrogen (secondary N) is 3. The van der Waals surface area contributed by atoms with Gasteiger partial charge < -0.3 is 16.0 Å². The van der Waals surface area contributed by atoms with Crippen LogP contribution in [0.3, 0.4) is 0 Å². The van der Waals surface area contributed by atoms with Gasteiger partial charge in [0.1, 0.15) is 5.01 Å². The molecule has 142 valence electrons. The van der Waals surface area contributed by atoms with E-state index >= 15 is 0 Å². The molecule has 6 nitrogen and oxygen atoms in total. The van der Waals surface area contributed by atoms with Crippen molar-refractivity contribution in [3.63, 3.8) is 0 Å². The van der Waals surface area contributed by atoms with Crippen LogP contribution in [0.1, 0.15) is 21.1 Å². The minimum absolute atomic E-state index is 0. The summed E-state index contributed by atoms with van der Waals surface area (Å²) in [5, 5.41) is 10.1. The maximum absolute atomic E-state index is 11.9. The third kappa shape index (κ3) is 7.69. The van der Waals surface area contributed by atoms with Gasteiger partial charge in [-0.05, 0) is 25.8 Å². The Morgan fingerprint density at radius 2 is 1.88 bits per heavy atom. The van der Waals surface area contributed by atoms with Crippen molar-refractivity contribution in [2.75, 3.05) is 20.1 Å². The van der Waals surface area contributed by atoms with Crippen LogP contribution in [-0.2, 0) is 17.8 Å². The molecule has 0 spiro atoms. The van der Waals surface area contributed by atoms with Crippen LogP contribution in [-0.4, -0.2) is 37.0 Å². The molecular weight excluding hydrogens is 461 g/mol. The van der Waals surface area contributed by atoms with Crippen molar-refractivity contribution in [1.82, 2.24) is 20.9 Å². The van der Waals surface area contributed by atoms with Crippen LogP contribution in [0.5, 0.6) is 0 Å². The van der Waals surface area contributed by atoms with Gasteiger partial charge in [0.15, 0.2) is 5.96 Å². The van der Waals surface area contributed by atoms with E-state index in [1.54, 1.807) is 18.4 Å². The average molecular weight is 487 g/mol. The minimum atomic E-state index is -0.0557. The average Bonchev–Trinajstić information content (AvgIpc) is 2.94. The topological polar surface area (TPSA) is 78.4 Å². The number of aliphatic imine (C=N–C) groups is 1. The highest BCUT2D eigenvalue weighted by atomic mass is 127. The fourth-order valence-corrected chi connectivity index (χ4v) is 3.09. The predicted octanol–water partition coefficient (Wildman–Crippen LogP) is 2.40. The molecule has 1 aromatic carbocycles. The number of aryl methyl sites for hydroxylation is 2. The highest BCUT2D eigenvalue weighted by Gasteiger charge is 2.06. The summed E-state index contributed by atoms with van der Waals surface area (Å²) in [5.74, 6) is 0.531. The second-order valence-electron chi connectivity index (χ2n) is 5.61. The van der Waals surface area contributed by atoms with Crippen LogP contribution in [0.25, 0.3) is 0 Å². The molecule has 1 heterocycles. The Hall–Kier alpha value is -1.68. The molecule has 0 saturated heterocycles. The lowest BCUT2D eigenvalue weighted by Gasteiger charge is -2.11. The second-order valence-corrected chi connectivity index (χ2v) is 6.90. The van der Waals surface area contributed by atoms with Gasteiger partial charge in [0.2, 0.25) is 5.91 Å². The molecule has 1 amide bonds. The third-order valence-corrected chi connectivity index (χ3v) is 4.77. The first-order chi connectivity index (χ1) is 12.1. The van der Waals surface area contributed by atoms with Crippen molar-refractivity contribution in [1.29, 1.82) is 0 Å². The van der Waals surface area contributed by atoms with Gasteiger partial charge in [0.05, 0.1) is 18.8 Å². The molecular formula is C18H26IN5OS. The lowest BCUT2D eigenvalue weighted by molar-refractivity contribution is -0.119. The van der Waals surface area contributed by atoms with Crippen LogP contribution in [0.4, 0.5) is 0 Å². The molecule has 1 aromatic heterocycles. The largest absolute Gasteiger partial charge is 0.354 e. The van der Waals surface area contributed by atoms with E-state index in [1.807, 2.05) is 25.1 Å². The number of benzene rings is 1. The summed E-state index contributed by atoms with van der Waals surface area (Å²) in [4.78, 5) is 21.7. The highest BCUT2D eigenvalue weighted by Crippen LogP contribution is 2.15. The van der Waals surface area contributed by atoms with E-state index in [-0.39, 0.29) is 36.4 Å². The molecule has 0 fully saturated rings. The summed E-state index contributed by atoms with van der Waals surface area (Å²) < 4.78 is 0. The van der Waals surface area contributed by atoms with Crippen LogP contribution in [0.15, 0.2) is 35.3 Å². The zero-order valence-corrected chi connectivity index (χ0v) is 18.5. The summed E-state index contributed by atoms with van der Waals surface area (Å²) in [5.41, 5.74) is 2.27. The van der Waals surface area contributed by atoms with E-state index in [0.29, 0.717) is 19.0 Å². The molecule has 0 radical (unpaired) electrons. The normalized spacial score (nSPS) is 10.8. The quantitative estimate of drug-likeness (QED) is 0.319. The Kier molecular flexibility index (Phi) is 10.2. The fourth-order valence-electron chi connectivity index (χ4n) is 2.21. The second kappa shape index (κ2) is 11.8. The summed E-state index contributed by atoms with van der Waals surface area (Å²) in [7, 11) is 1.68. The van der Waals surface area contributed by atoms with E-state index in [4.69, 9.17) is 0 Å². The standard InChI is InChI=1S/C18H25N5OS.HI/c1-13-14(2)25-17(23-13)12-22-18(19-3)21-11-16(24)20-10-9-15-7-5-4-6-8-15;/h4-8H,9-12H2,1-3H3,(H,20,24)(H2,19,21,22);1H. The Bertz CT molecular complexity index is 698. The van der Waals surface area contributed by atoms with Crippen molar-refractivity contribution >= 4 is 47.2 Å². The molecule has 0 aliphatic carbocycles. The number of rotatable bonds is 7. The van der Waals surface area contributed by atoms with Crippen molar-refractivity contribution in [2.24, 2.45) is 4.99 Å². The number of halogens is 1. The molecule has 2 rings (SSSR count). The number of carbonyl (C=O) groups excluding carboxylic acids is 1. The summed E-state index contributed by atoms with van der Waals surface area (Å²) in [6.45, 7) is 5.46. The Morgan fingerprint density at radius 1 is 1.15 bits per heavy atom. The monoisotopic (exact) mass is 487 g/mol. The van der Waals surface area contributed by atoms with Gasteiger partial charge in [-0.2, -0.15) is 0 Å². The number of thiazole rings is 1. The Morgan fingerprint density at radius 3 is 2.50 bits per heavy atom. The predicted molar refractivity (Wildman–Crippen MR) is 118 cm³/mol. The molecule has 2 aromatic rings. The first kappa shape index (κ1) is 22.4. The molecule has 26 heavy (non-hydrogen) atoms. The zero-order valence-electron chi connectivity index (χ0n) is 15.3. The minimum Gasteiger partial charge on any atom is -0.354 e. The van der Waals surface area contributed by atoms with Crippen molar-refractivity contribution < 1.29 is 4.79 Å². The molecule has 8 heteroatoms. The molecule has 0 aliphatic rings. The van der Waals surface area contributed by atoms with Crippen LogP contribution >= 0.6 is 35.3 Å². The highest BCUT2D eigenvalue weighted by molar-refractivity contribution is 14.0. The van der Waals surface area contributed by atoms with E-state index in [9.17, 15) is 4.79 Å². The first-order valence-corrected chi connectivity index (χ1v) is 9.08. The van der Waals surface area contributed by atoms with E-state index in [2.05, 4.69) is 45.0 Å². The van der Waals surface area contributed by atoms with Gasteiger partial charge in [-0.3, -0.25) is 9.79 Å². The van der Waals surface area contributed by atoms with E-state index in [1.165, 1.54) is 10.4 Å². The molecule has 0 atom stereocenters. The lowest BCUT2D eigenvalue weighted by atomic mass is 10.1. The van der Waals surface area contributed by atoms with Gasteiger partial charge in [-0.1, -0.05) is 30.3 Å². The number of carbonyl (C=O) groups is 1. The molecule has 0 aliphatic heterocycles. The van der Waals surface area contributed by atoms with Crippen LogP contribution < -0.4 is 16.0 Å². The fraction of sp³-hybridized carbons (Fsp3) is 0.389. The van der Waals surface area contributed by atoms with Gasteiger partial charge in [-0.15, -0.1) is 35.3 Å². The van der Waals surface area contributed by atoms with Gasteiger partial charge in [-0.25, -0.2) is 4.98 Å². The van der Waals surface area contributed by atoms with Gasteiger partial charge in [0, 0.05) is 18.5 Å². The molecule has 0 bridgehead atoms. The maximum Gasteiger partial charge on any atom is 0.239 e. The molecule has 0 unspecified atom stereocenters. The Balaban J connectivity index is 0.00000338. The Labute approximate surface area is 175 Å². The lowest BCUT2D eigenvalue weighted by Crippen LogP contribution is -2.43. The van der Waals surface area contributed by atoms with E-state index < -0.39 is 0 Å². The summed E-state index contributed by atoms with van der Waals surface area (Å²) >= 11 is 1.66. The first-order valence-electron chi connectivity index (χ1n) is 8.26. The van der Waals surface area contributed by atoms with Crippen molar-refractivity contribution in [3.05, 3.63) is 51.5 Å². The van der Waals surface area contributed by atoms with Gasteiger partial charge >= 0.3 is 0 Å². The number of guanidine groups is 1. The van der Waals surface area contributed by atoms with Crippen molar-refractivity contribution in [2.45, 2.75) is 26.8 Å². The van der Waals surface area contributed by atoms with Crippen LogP contribution in [0.2, 0.25) is 0 Å². The smallest absolute Gasteiger partial charge is 0.239 e. The number of nitrogens with zero attached hydrogens (tertiary/aromatic N) is 2. The number of hydrogen-bond acceptors (Lipinski definition) is 4. The number of amides is 1. The maximum atomic E-state index is 11.9. The van der Waals surface area contributed by atoms with Gasteiger partial charge in [0.25, 0.3) is 0 Å². The zero-order chi connectivity index (χ0) is 18.1. The third-order valence-electron chi connectivity index (χ3n) is 3.70. The van der Waals surface area contributed by atoms with Crippen molar-refractivity contribution in [3.8, 4) is 0 Å². The van der Waals surface area contributed by atoms with Crippen LogP contribution in [0, 0.1) is 13.8 Å².